The molecular formula is C13H19N3O2. The molecule has 1 aromatic heterocycles. The maximum absolute atomic E-state index is 11.3. The molecule has 0 saturated heterocycles. The fourth-order valence-electron chi connectivity index (χ4n) is 2.36. The highest BCUT2D eigenvalue weighted by Crippen LogP contribution is 2.34. The van der Waals surface area contributed by atoms with Gasteiger partial charge in [0.2, 0.25) is 0 Å². The monoisotopic (exact) mass is 249 g/mol. The van der Waals surface area contributed by atoms with Gasteiger partial charge in [-0.1, -0.05) is 26.0 Å². The molecule has 0 aliphatic heterocycles. The number of aromatic nitrogens is 3. The molecule has 0 aromatic carbocycles. The summed E-state index contributed by atoms with van der Waals surface area (Å²) in [5, 5.41) is 13.7. The summed E-state index contributed by atoms with van der Waals surface area (Å²) in [4.78, 5) is 15.8. The summed E-state index contributed by atoms with van der Waals surface area (Å²) in [6.07, 6.45) is 5.27. The van der Waals surface area contributed by atoms with Crippen LogP contribution in [0.5, 0.6) is 0 Å². The Balaban J connectivity index is 2.34. The highest BCUT2D eigenvalue weighted by atomic mass is 16.4. The third kappa shape index (κ3) is 2.30. The Morgan fingerprint density at radius 2 is 2.11 bits per heavy atom. The number of carboxylic acid groups (broad SMARTS) is 1. The van der Waals surface area contributed by atoms with Crippen LogP contribution in [0.2, 0.25) is 0 Å². The molecule has 2 atom stereocenters. The summed E-state index contributed by atoms with van der Waals surface area (Å²) >= 11 is 0. The standard InChI is InChI=1S/C13H19N3O2/c1-8(2)11-14-12(16(3)15-11)9-6-4-5-7-10(9)13(17)18/h4-5,8-10H,6-7H2,1-3H3,(H,17,18). The van der Waals surface area contributed by atoms with Crippen LogP contribution in [-0.4, -0.2) is 25.8 Å². The first-order chi connectivity index (χ1) is 8.50. The fraction of sp³-hybridized carbons (Fsp3) is 0.615. The summed E-state index contributed by atoms with van der Waals surface area (Å²) < 4.78 is 1.73. The van der Waals surface area contributed by atoms with Gasteiger partial charge in [-0.2, -0.15) is 5.10 Å². The Hall–Kier alpha value is -1.65. The third-order valence-corrected chi connectivity index (χ3v) is 3.41. The van der Waals surface area contributed by atoms with Crippen molar-refractivity contribution in [3.8, 4) is 0 Å². The number of carbonyl (C=O) groups is 1. The van der Waals surface area contributed by atoms with Gasteiger partial charge in [0.1, 0.15) is 5.82 Å². The number of aliphatic carboxylic acids is 1. The van der Waals surface area contributed by atoms with Crippen LogP contribution in [0, 0.1) is 5.92 Å². The van der Waals surface area contributed by atoms with Crippen molar-refractivity contribution in [3.05, 3.63) is 23.8 Å². The van der Waals surface area contributed by atoms with E-state index in [1.807, 2.05) is 33.0 Å². The highest BCUT2D eigenvalue weighted by Gasteiger charge is 2.33. The molecular weight excluding hydrogens is 230 g/mol. The first kappa shape index (κ1) is 12.8. The number of hydrogen-bond donors (Lipinski definition) is 1. The normalized spacial score (nSPS) is 23.6. The first-order valence-electron chi connectivity index (χ1n) is 6.29. The summed E-state index contributed by atoms with van der Waals surface area (Å²) in [5.41, 5.74) is 0. The van der Waals surface area contributed by atoms with Gasteiger partial charge in [0, 0.05) is 18.9 Å². The minimum atomic E-state index is -0.751. The van der Waals surface area contributed by atoms with Gasteiger partial charge >= 0.3 is 5.97 Å². The van der Waals surface area contributed by atoms with E-state index in [1.54, 1.807) is 4.68 Å². The lowest BCUT2D eigenvalue weighted by Gasteiger charge is -2.23. The van der Waals surface area contributed by atoms with E-state index in [0.29, 0.717) is 6.42 Å². The van der Waals surface area contributed by atoms with Gasteiger partial charge in [-0.3, -0.25) is 9.48 Å². The molecule has 5 nitrogen and oxygen atoms in total. The van der Waals surface area contributed by atoms with Crippen molar-refractivity contribution in [2.45, 2.75) is 38.5 Å². The molecule has 5 heteroatoms. The van der Waals surface area contributed by atoms with Crippen LogP contribution in [0.4, 0.5) is 0 Å². The Labute approximate surface area is 107 Å². The van der Waals surface area contributed by atoms with Gasteiger partial charge in [-0.05, 0) is 12.8 Å². The van der Waals surface area contributed by atoms with E-state index in [9.17, 15) is 9.90 Å². The molecule has 0 saturated carbocycles. The summed E-state index contributed by atoms with van der Waals surface area (Å²) in [6, 6.07) is 0. The molecule has 1 aliphatic carbocycles. The van der Waals surface area contributed by atoms with Crippen molar-refractivity contribution >= 4 is 5.97 Å². The van der Waals surface area contributed by atoms with E-state index < -0.39 is 11.9 Å². The van der Waals surface area contributed by atoms with Crippen LogP contribution in [0.3, 0.4) is 0 Å². The average Bonchev–Trinajstić information content (AvgIpc) is 2.71. The topological polar surface area (TPSA) is 68.0 Å². The lowest BCUT2D eigenvalue weighted by molar-refractivity contribution is -0.142. The van der Waals surface area contributed by atoms with Crippen LogP contribution >= 0.6 is 0 Å². The van der Waals surface area contributed by atoms with E-state index in [4.69, 9.17) is 0 Å². The molecule has 18 heavy (non-hydrogen) atoms. The molecule has 2 unspecified atom stereocenters. The lowest BCUT2D eigenvalue weighted by Crippen LogP contribution is -2.25. The molecule has 2 rings (SSSR count). The number of carboxylic acids is 1. The van der Waals surface area contributed by atoms with Gasteiger partial charge in [0.15, 0.2) is 5.82 Å². The van der Waals surface area contributed by atoms with E-state index in [0.717, 1.165) is 18.1 Å². The Kier molecular flexibility index (Phi) is 3.50. The third-order valence-electron chi connectivity index (χ3n) is 3.41. The van der Waals surface area contributed by atoms with E-state index in [-0.39, 0.29) is 11.8 Å². The van der Waals surface area contributed by atoms with Gasteiger partial charge in [-0.15, -0.1) is 0 Å². The number of nitrogens with zero attached hydrogens (tertiary/aromatic N) is 3. The van der Waals surface area contributed by atoms with Gasteiger partial charge in [-0.25, -0.2) is 4.98 Å². The second kappa shape index (κ2) is 4.92. The van der Waals surface area contributed by atoms with Crippen molar-refractivity contribution in [3.63, 3.8) is 0 Å². The molecule has 0 spiro atoms. The predicted octanol–water partition coefficient (Wildman–Crippen LogP) is 2.07. The molecule has 98 valence electrons. The SMILES string of the molecule is CC(C)c1nc(C2CC=CCC2C(=O)O)n(C)n1. The van der Waals surface area contributed by atoms with Crippen LogP contribution in [0.1, 0.15) is 50.2 Å². The van der Waals surface area contributed by atoms with Crippen LogP contribution in [0.25, 0.3) is 0 Å². The number of allylic oxidation sites excluding steroid dienone is 2. The quantitative estimate of drug-likeness (QED) is 0.833. The van der Waals surface area contributed by atoms with Crippen molar-refractivity contribution in [1.82, 2.24) is 14.8 Å². The Bertz CT molecular complexity index is 477. The number of rotatable bonds is 3. The summed E-state index contributed by atoms with van der Waals surface area (Å²) in [5.74, 6) is 0.614. The second-order valence-corrected chi connectivity index (χ2v) is 5.10. The summed E-state index contributed by atoms with van der Waals surface area (Å²) in [7, 11) is 1.84. The zero-order chi connectivity index (χ0) is 13.3. The zero-order valence-corrected chi connectivity index (χ0v) is 11.0. The number of hydrogen-bond acceptors (Lipinski definition) is 3. The first-order valence-corrected chi connectivity index (χ1v) is 6.29. The molecule has 1 aliphatic rings. The van der Waals surface area contributed by atoms with Crippen molar-refractivity contribution in [1.29, 1.82) is 0 Å². The molecule has 0 fully saturated rings. The fourth-order valence-corrected chi connectivity index (χ4v) is 2.36. The van der Waals surface area contributed by atoms with Crippen LogP contribution in [-0.2, 0) is 11.8 Å². The largest absolute Gasteiger partial charge is 0.481 e. The number of aryl methyl sites for hydroxylation is 1. The van der Waals surface area contributed by atoms with Gasteiger partial charge in [0.05, 0.1) is 5.92 Å². The molecule has 1 heterocycles. The van der Waals surface area contributed by atoms with Crippen molar-refractivity contribution in [2.24, 2.45) is 13.0 Å². The van der Waals surface area contributed by atoms with Gasteiger partial charge in [0.25, 0.3) is 0 Å². The van der Waals surface area contributed by atoms with E-state index in [2.05, 4.69) is 10.1 Å². The van der Waals surface area contributed by atoms with Crippen LogP contribution < -0.4 is 0 Å². The smallest absolute Gasteiger partial charge is 0.307 e. The van der Waals surface area contributed by atoms with Crippen molar-refractivity contribution in [2.75, 3.05) is 0 Å². The lowest BCUT2D eigenvalue weighted by atomic mass is 9.82. The molecule has 0 amide bonds. The van der Waals surface area contributed by atoms with Crippen LogP contribution in [0.15, 0.2) is 12.2 Å². The molecule has 0 radical (unpaired) electrons. The zero-order valence-electron chi connectivity index (χ0n) is 11.0. The maximum Gasteiger partial charge on any atom is 0.307 e. The van der Waals surface area contributed by atoms with Gasteiger partial charge < -0.3 is 5.11 Å². The summed E-state index contributed by atoms with van der Waals surface area (Å²) in [6.45, 7) is 4.07. The molecule has 0 bridgehead atoms. The molecule has 1 N–H and O–H groups in total. The Morgan fingerprint density at radius 3 is 2.67 bits per heavy atom. The van der Waals surface area contributed by atoms with E-state index >= 15 is 0 Å². The van der Waals surface area contributed by atoms with E-state index in [1.165, 1.54) is 0 Å². The minimum Gasteiger partial charge on any atom is -0.481 e. The predicted molar refractivity (Wildman–Crippen MR) is 67.3 cm³/mol. The molecule has 1 aromatic rings. The second-order valence-electron chi connectivity index (χ2n) is 5.10. The maximum atomic E-state index is 11.3. The minimum absolute atomic E-state index is 0.0718. The average molecular weight is 249 g/mol. The Morgan fingerprint density at radius 1 is 1.44 bits per heavy atom. The highest BCUT2D eigenvalue weighted by molar-refractivity contribution is 5.71. The van der Waals surface area contributed by atoms with Crippen molar-refractivity contribution < 1.29 is 9.90 Å².